The van der Waals surface area contributed by atoms with Gasteiger partial charge in [-0.1, -0.05) is 70.3 Å². The number of aromatic nitrogens is 2. The van der Waals surface area contributed by atoms with Gasteiger partial charge in [0.25, 0.3) is 0 Å². The number of anilines is 2. The Balaban J connectivity index is 0.000000232. The molecule has 0 spiro atoms. The molecule has 0 saturated carbocycles. The van der Waals surface area contributed by atoms with Crippen molar-refractivity contribution in [2.45, 2.75) is 38.9 Å². The number of rotatable bonds is 4. The lowest BCUT2D eigenvalue weighted by Gasteiger charge is -2.36. The second kappa shape index (κ2) is 11.7. The smallest absolute Gasteiger partial charge is 0.250 e. The molecule has 196 valence electrons. The highest BCUT2D eigenvalue weighted by molar-refractivity contribution is 9.10. The Bertz CT molecular complexity index is 1590. The summed E-state index contributed by atoms with van der Waals surface area (Å²) < 4.78 is 8.49. The molecule has 2 aromatic heterocycles. The van der Waals surface area contributed by atoms with Crippen LogP contribution in [0, 0.1) is 0 Å². The van der Waals surface area contributed by atoms with Crippen molar-refractivity contribution in [2.24, 2.45) is 0 Å². The Morgan fingerprint density at radius 1 is 0.789 bits per heavy atom. The molecule has 0 amide bonds. The minimum atomic E-state index is -1.86. The standard InChI is InChI=1S/C21H25BrN2OSi.C9H5BrClN/c1-21(2,3)26(4,5)25-17-8-6-7-16(14-17)24-20-11-12-23-19-10-9-15(22)13-18(19)20;10-6-1-2-9-7(5-6)8(11)3-4-12-9/h6-14H,1-5H3,(H,23,24);1-5H. The molecule has 8 heteroatoms. The second-order valence-electron chi connectivity index (χ2n) is 10.5. The number of hydrogen-bond donors (Lipinski definition) is 1. The summed E-state index contributed by atoms with van der Waals surface area (Å²) in [6.45, 7) is 11.3. The van der Waals surface area contributed by atoms with Gasteiger partial charge in [0, 0.05) is 49.6 Å². The maximum Gasteiger partial charge on any atom is 0.250 e. The van der Waals surface area contributed by atoms with Gasteiger partial charge in [0.05, 0.1) is 16.1 Å². The van der Waals surface area contributed by atoms with Crippen LogP contribution < -0.4 is 9.74 Å². The van der Waals surface area contributed by atoms with E-state index in [0.717, 1.165) is 52.9 Å². The van der Waals surface area contributed by atoms with E-state index < -0.39 is 8.32 Å². The van der Waals surface area contributed by atoms with Gasteiger partial charge in [-0.15, -0.1) is 0 Å². The summed E-state index contributed by atoms with van der Waals surface area (Å²) in [5, 5.41) is 6.48. The summed E-state index contributed by atoms with van der Waals surface area (Å²) in [7, 11) is -1.86. The van der Waals surface area contributed by atoms with Crippen molar-refractivity contribution >= 4 is 85.0 Å². The van der Waals surface area contributed by atoms with Crippen LogP contribution in [0.5, 0.6) is 5.75 Å². The molecule has 1 N–H and O–H groups in total. The molecule has 2 heterocycles. The molecule has 5 rings (SSSR count). The van der Waals surface area contributed by atoms with Crippen LogP contribution in [-0.4, -0.2) is 18.3 Å². The van der Waals surface area contributed by atoms with Crippen molar-refractivity contribution < 1.29 is 4.43 Å². The monoisotopic (exact) mass is 669 g/mol. The van der Waals surface area contributed by atoms with Gasteiger partial charge in [-0.2, -0.15) is 0 Å². The number of nitrogens with zero attached hydrogens (tertiary/aromatic N) is 2. The van der Waals surface area contributed by atoms with E-state index in [1.54, 1.807) is 12.3 Å². The molecule has 3 aromatic carbocycles. The van der Waals surface area contributed by atoms with Crippen molar-refractivity contribution in [1.29, 1.82) is 0 Å². The van der Waals surface area contributed by atoms with Crippen LogP contribution >= 0.6 is 43.5 Å². The average molecular weight is 672 g/mol. The molecule has 0 aliphatic rings. The predicted octanol–water partition coefficient (Wildman–Crippen LogP) is 10.8. The third-order valence-electron chi connectivity index (χ3n) is 6.65. The Labute approximate surface area is 247 Å². The van der Waals surface area contributed by atoms with Gasteiger partial charge in [0.2, 0.25) is 8.32 Å². The van der Waals surface area contributed by atoms with Crippen LogP contribution in [0.3, 0.4) is 0 Å². The molecule has 0 bridgehead atoms. The first-order chi connectivity index (χ1) is 17.9. The van der Waals surface area contributed by atoms with E-state index >= 15 is 0 Å². The topological polar surface area (TPSA) is 47.0 Å². The molecule has 4 nitrogen and oxygen atoms in total. The summed E-state index contributed by atoms with van der Waals surface area (Å²) in [4.78, 5) is 8.62. The van der Waals surface area contributed by atoms with Crippen LogP contribution in [0.15, 0.2) is 94.1 Å². The van der Waals surface area contributed by atoms with Gasteiger partial charge in [0.1, 0.15) is 5.75 Å². The zero-order valence-electron chi connectivity index (χ0n) is 22.0. The molecule has 38 heavy (non-hydrogen) atoms. The second-order valence-corrected chi connectivity index (χ2v) is 17.5. The van der Waals surface area contributed by atoms with Crippen LogP contribution in [0.2, 0.25) is 23.2 Å². The Morgan fingerprint density at radius 2 is 1.39 bits per heavy atom. The Hall–Kier alpha value is -2.45. The highest BCUT2D eigenvalue weighted by Crippen LogP contribution is 2.38. The first-order valence-electron chi connectivity index (χ1n) is 12.2. The van der Waals surface area contributed by atoms with Gasteiger partial charge in [-0.05, 0) is 78.8 Å². The van der Waals surface area contributed by atoms with E-state index in [1.165, 1.54) is 0 Å². The van der Waals surface area contributed by atoms with Crippen molar-refractivity contribution in [3.63, 3.8) is 0 Å². The van der Waals surface area contributed by atoms with Crippen molar-refractivity contribution in [1.82, 2.24) is 9.97 Å². The minimum Gasteiger partial charge on any atom is -0.543 e. The van der Waals surface area contributed by atoms with Crippen molar-refractivity contribution in [3.05, 3.63) is 99.2 Å². The van der Waals surface area contributed by atoms with Gasteiger partial charge < -0.3 is 9.74 Å². The lowest BCUT2D eigenvalue weighted by molar-refractivity contribution is 0.492. The summed E-state index contributed by atoms with van der Waals surface area (Å²) >= 11 is 12.9. The fourth-order valence-electron chi connectivity index (χ4n) is 3.55. The minimum absolute atomic E-state index is 0.171. The zero-order valence-corrected chi connectivity index (χ0v) is 26.9. The quantitative estimate of drug-likeness (QED) is 0.193. The summed E-state index contributed by atoms with van der Waals surface area (Å²) in [5.41, 5.74) is 3.92. The van der Waals surface area contributed by atoms with E-state index in [1.807, 2.05) is 54.7 Å². The van der Waals surface area contributed by atoms with Gasteiger partial charge in [0.15, 0.2) is 0 Å². The Kier molecular flexibility index (Phi) is 8.82. The third kappa shape index (κ3) is 6.94. The van der Waals surface area contributed by atoms with E-state index in [9.17, 15) is 0 Å². The first kappa shape index (κ1) is 28.6. The van der Waals surface area contributed by atoms with Crippen LogP contribution in [0.4, 0.5) is 11.4 Å². The molecule has 0 aliphatic heterocycles. The third-order valence-corrected chi connectivity index (χ3v) is 12.3. The number of nitrogens with one attached hydrogen (secondary N) is 1. The van der Waals surface area contributed by atoms with E-state index in [2.05, 4.69) is 99.2 Å². The highest BCUT2D eigenvalue weighted by atomic mass is 79.9. The van der Waals surface area contributed by atoms with Crippen LogP contribution in [0.1, 0.15) is 20.8 Å². The molecule has 0 atom stereocenters. The van der Waals surface area contributed by atoms with Crippen LogP contribution in [0.25, 0.3) is 21.8 Å². The molecule has 0 saturated heterocycles. The van der Waals surface area contributed by atoms with Crippen LogP contribution in [-0.2, 0) is 0 Å². The number of fused-ring (bicyclic) bond motifs is 2. The summed E-state index contributed by atoms with van der Waals surface area (Å²) in [6.07, 6.45) is 3.53. The maximum atomic E-state index is 6.43. The van der Waals surface area contributed by atoms with E-state index in [0.29, 0.717) is 0 Å². The van der Waals surface area contributed by atoms with Crippen molar-refractivity contribution in [2.75, 3.05) is 5.32 Å². The SMILES string of the molecule is CC(C)(C)[Si](C)(C)Oc1cccc(Nc2ccnc3ccc(Br)cc23)c1.Clc1ccnc2ccc(Br)cc12. The average Bonchev–Trinajstić information content (AvgIpc) is 2.85. The van der Waals surface area contributed by atoms with E-state index in [-0.39, 0.29) is 5.04 Å². The van der Waals surface area contributed by atoms with Gasteiger partial charge in [-0.3, -0.25) is 9.97 Å². The summed E-state index contributed by atoms with van der Waals surface area (Å²) in [6, 6.07) is 23.9. The molecule has 0 aliphatic carbocycles. The predicted molar refractivity (Wildman–Crippen MR) is 171 cm³/mol. The molecular weight excluding hydrogens is 642 g/mol. The zero-order chi connectivity index (χ0) is 27.5. The molecule has 5 aromatic rings. The highest BCUT2D eigenvalue weighted by Gasteiger charge is 2.38. The fourth-order valence-corrected chi connectivity index (χ4v) is 5.51. The van der Waals surface area contributed by atoms with E-state index in [4.69, 9.17) is 16.0 Å². The largest absolute Gasteiger partial charge is 0.543 e. The fraction of sp³-hybridized carbons (Fsp3) is 0.200. The molecule has 0 radical (unpaired) electrons. The number of benzene rings is 3. The summed E-state index contributed by atoms with van der Waals surface area (Å²) in [5.74, 6) is 0.918. The lowest BCUT2D eigenvalue weighted by atomic mass is 10.2. The van der Waals surface area contributed by atoms with Gasteiger partial charge in [-0.25, -0.2) is 0 Å². The normalized spacial score (nSPS) is 11.7. The number of halogens is 3. The number of hydrogen-bond acceptors (Lipinski definition) is 4. The molecule has 0 fully saturated rings. The molecule has 0 unspecified atom stereocenters. The Morgan fingerprint density at radius 3 is 2.05 bits per heavy atom. The van der Waals surface area contributed by atoms with Gasteiger partial charge >= 0.3 is 0 Å². The number of pyridine rings is 2. The lowest BCUT2D eigenvalue weighted by Crippen LogP contribution is -2.43. The maximum absolute atomic E-state index is 6.43. The van der Waals surface area contributed by atoms with Crippen molar-refractivity contribution in [3.8, 4) is 5.75 Å². The molecular formula is C30H30Br2ClN3OSi. The first-order valence-corrected chi connectivity index (χ1v) is 17.1.